The molecular formula is C19H21Cl2NO3. The van der Waals surface area contributed by atoms with Gasteiger partial charge in [0.25, 0.3) is 0 Å². The molecule has 0 amide bonds. The molecule has 0 bridgehead atoms. The van der Waals surface area contributed by atoms with Gasteiger partial charge in [-0.05, 0) is 30.7 Å². The molecule has 0 saturated heterocycles. The lowest BCUT2D eigenvalue weighted by atomic mass is 10.2. The topological polar surface area (TPSA) is 38.8 Å². The fourth-order valence-corrected chi connectivity index (χ4v) is 2.59. The first-order valence-electron chi connectivity index (χ1n) is 8.20. The van der Waals surface area contributed by atoms with E-state index >= 15 is 0 Å². The zero-order chi connectivity index (χ0) is 18.1. The number of benzene rings is 2. The van der Waals surface area contributed by atoms with Gasteiger partial charge in [0.1, 0.15) is 6.61 Å². The van der Waals surface area contributed by atoms with Crippen LogP contribution in [0, 0.1) is 0 Å². The van der Waals surface area contributed by atoms with Gasteiger partial charge in [0.05, 0.1) is 11.6 Å². The van der Waals surface area contributed by atoms with Crippen LogP contribution in [0.1, 0.15) is 19.8 Å². The second kappa shape index (κ2) is 10.2. The number of carbonyl (C=O) groups excluding carboxylic acids is 1. The van der Waals surface area contributed by atoms with Gasteiger partial charge in [-0.2, -0.15) is 0 Å². The van der Waals surface area contributed by atoms with Crippen molar-refractivity contribution in [1.82, 2.24) is 0 Å². The molecule has 25 heavy (non-hydrogen) atoms. The Morgan fingerprint density at radius 1 is 1.08 bits per heavy atom. The SMILES string of the molecule is CCCCN(CCOC(=O)Oc1cc(Cl)ccc1Cl)c1ccccc1. The second-order valence-electron chi connectivity index (χ2n) is 5.45. The number of ether oxygens (including phenoxy) is 2. The number of anilines is 1. The fourth-order valence-electron chi connectivity index (χ4n) is 2.27. The normalized spacial score (nSPS) is 10.4. The van der Waals surface area contributed by atoms with Crippen LogP contribution in [-0.4, -0.2) is 25.9 Å². The number of hydrogen-bond donors (Lipinski definition) is 0. The molecule has 134 valence electrons. The van der Waals surface area contributed by atoms with Crippen molar-refractivity contribution < 1.29 is 14.3 Å². The summed E-state index contributed by atoms with van der Waals surface area (Å²) in [6.07, 6.45) is 1.37. The van der Waals surface area contributed by atoms with Gasteiger partial charge in [-0.25, -0.2) is 4.79 Å². The summed E-state index contributed by atoms with van der Waals surface area (Å²) in [5, 5.41) is 0.734. The molecule has 0 unspecified atom stereocenters. The average Bonchev–Trinajstić information content (AvgIpc) is 2.62. The number of nitrogens with zero attached hydrogens (tertiary/aromatic N) is 1. The van der Waals surface area contributed by atoms with Crippen molar-refractivity contribution in [3.05, 3.63) is 58.6 Å². The van der Waals surface area contributed by atoms with Gasteiger partial charge < -0.3 is 14.4 Å². The Morgan fingerprint density at radius 3 is 2.56 bits per heavy atom. The van der Waals surface area contributed by atoms with Gasteiger partial charge >= 0.3 is 6.16 Å². The summed E-state index contributed by atoms with van der Waals surface area (Å²) >= 11 is 11.8. The maximum atomic E-state index is 11.8. The standard InChI is InChI=1S/C19H21Cl2NO3/c1-2-3-11-22(16-7-5-4-6-8-16)12-13-24-19(23)25-18-14-15(20)9-10-17(18)21/h4-10,14H,2-3,11-13H2,1H3. The molecule has 0 saturated carbocycles. The van der Waals surface area contributed by atoms with Crippen molar-refractivity contribution in [2.45, 2.75) is 19.8 Å². The van der Waals surface area contributed by atoms with Crippen molar-refractivity contribution in [1.29, 1.82) is 0 Å². The Hall–Kier alpha value is -1.91. The Labute approximate surface area is 158 Å². The van der Waals surface area contributed by atoms with Crippen LogP contribution in [0.5, 0.6) is 5.75 Å². The largest absolute Gasteiger partial charge is 0.513 e. The Balaban J connectivity index is 1.86. The van der Waals surface area contributed by atoms with E-state index in [1.54, 1.807) is 12.1 Å². The summed E-state index contributed by atoms with van der Waals surface area (Å²) in [6.45, 7) is 3.85. The van der Waals surface area contributed by atoms with E-state index in [1.165, 1.54) is 6.07 Å². The van der Waals surface area contributed by atoms with Crippen molar-refractivity contribution in [2.24, 2.45) is 0 Å². The van der Waals surface area contributed by atoms with Crippen LogP contribution in [0.25, 0.3) is 0 Å². The van der Waals surface area contributed by atoms with Crippen LogP contribution in [0.15, 0.2) is 48.5 Å². The molecule has 0 fully saturated rings. The van der Waals surface area contributed by atoms with Gasteiger partial charge in [-0.3, -0.25) is 0 Å². The Bertz CT molecular complexity index is 680. The zero-order valence-electron chi connectivity index (χ0n) is 14.1. The minimum absolute atomic E-state index is 0.185. The van der Waals surface area contributed by atoms with Gasteiger partial charge in [-0.15, -0.1) is 0 Å². The van der Waals surface area contributed by atoms with Crippen LogP contribution in [-0.2, 0) is 4.74 Å². The second-order valence-corrected chi connectivity index (χ2v) is 6.30. The first kappa shape index (κ1) is 19.4. The quantitative estimate of drug-likeness (QED) is 0.426. The molecule has 0 aliphatic carbocycles. The third-order valence-corrected chi connectivity index (χ3v) is 4.12. The molecule has 0 aliphatic heterocycles. The molecule has 0 heterocycles. The summed E-state index contributed by atoms with van der Waals surface area (Å²) in [7, 11) is 0. The minimum atomic E-state index is -0.798. The first-order valence-corrected chi connectivity index (χ1v) is 8.95. The number of unbranched alkanes of at least 4 members (excludes halogenated alkanes) is 1. The van der Waals surface area contributed by atoms with Crippen molar-refractivity contribution in [2.75, 3.05) is 24.6 Å². The number of rotatable bonds is 8. The Morgan fingerprint density at radius 2 is 1.84 bits per heavy atom. The molecule has 4 nitrogen and oxygen atoms in total. The van der Waals surface area contributed by atoms with Crippen LogP contribution in [0.2, 0.25) is 10.0 Å². The maximum absolute atomic E-state index is 11.8. The highest BCUT2D eigenvalue weighted by Crippen LogP contribution is 2.28. The maximum Gasteiger partial charge on any atom is 0.513 e. The smallest absolute Gasteiger partial charge is 0.432 e. The summed E-state index contributed by atoms with van der Waals surface area (Å²) in [6, 6.07) is 14.7. The number of halogens is 2. The van der Waals surface area contributed by atoms with Crippen LogP contribution >= 0.6 is 23.2 Å². The lowest BCUT2D eigenvalue weighted by Crippen LogP contribution is -2.29. The molecule has 2 rings (SSSR count). The van der Waals surface area contributed by atoms with E-state index in [0.29, 0.717) is 16.6 Å². The summed E-state index contributed by atoms with van der Waals surface area (Å²) in [4.78, 5) is 14.0. The number of para-hydroxylation sites is 1. The highest BCUT2D eigenvalue weighted by atomic mass is 35.5. The summed E-state index contributed by atoms with van der Waals surface area (Å²) in [5.41, 5.74) is 1.10. The molecule has 0 aliphatic rings. The molecule has 2 aromatic rings. The summed E-state index contributed by atoms with van der Waals surface area (Å²) < 4.78 is 10.3. The number of carbonyl (C=O) groups is 1. The van der Waals surface area contributed by atoms with Gasteiger partial charge in [0.15, 0.2) is 5.75 Å². The van der Waals surface area contributed by atoms with Crippen LogP contribution in [0.3, 0.4) is 0 Å². The molecular weight excluding hydrogens is 361 g/mol. The van der Waals surface area contributed by atoms with E-state index in [9.17, 15) is 4.79 Å². The minimum Gasteiger partial charge on any atom is -0.432 e. The van der Waals surface area contributed by atoms with E-state index in [-0.39, 0.29) is 12.4 Å². The first-order chi connectivity index (χ1) is 12.1. The van der Waals surface area contributed by atoms with Crippen molar-refractivity contribution >= 4 is 35.0 Å². The van der Waals surface area contributed by atoms with Gasteiger partial charge in [0.2, 0.25) is 0 Å². The number of hydrogen-bond acceptors (Lipinski definition) is 4. The Kier molecular flexibility index (Phi) is 7.89. The fraction of sp³-hybridized carbons (Fsp3) is 0.316. The van der Waals surface area contributed by atoms with E-state index in [1.807, 2.05) is 30.3 Å². The van der Waals surface area contributed by atoms with Crippen LogP contribution < -0.4 is 9.64 Å². The third-order valence-electron chi connectivity index (χ3n) is 3.57. The predicted octanol–water partition coefficient (Wildman–Crippen LogP) is 5.82. The van der Waals surface area contributed by atoms with E-state index in [2.05, 4.69) is 11.8 Å². The monoisotopic (exact) mass is 381 g/mol. The molecule has 0 aromatic heterocycles. The van der Waals surface area contributed by atoms with E-state index in [0.717, 1.165) is 25.1 Å². The molecule has 0 spiro atoms. The highest BCUT2D eigenvalue weighted by Gasteiger charge is 2.12. The molecule has 0 N–H and O–H groups in total. The molecule has 0 atom stereocenters. The van der Waals surface area contributed by atoms with Gasteiger partial charge in [0, 0.05) is 23.3 Å². The zero-order valence-corrected chi connectivity index (χ0v) is 15.6. The van der Waals surface area contributed by atoms with Gasteiger partial charge in [-0.1, -0.05) is 54.7 Å². The van der Waals surface area contributed by atoms with Crippen molar-refractivity contribution in [3.63, 3.8) is 0 Å². The lowest BCUT2D eigenvalue weighted by Gasteiger charge is -2.24. The summed E-state index contributed by atoms with van der Waals surface area (Å²) in [5.74, 6) is 0.185. The third kappa shape index (κ3) is 6.48. The highest BCUT2D eigenvalue weighted by molar-refractivity contribution is 6.34. The molecule has 2 aromatic carbocycles. The molecule has 0 radical (unpaired) electrons. The lowest BCUT2D eigenvalue weighted by molar-refractivity contribution is 0.101. The van der Waals surface area contributed by atoms with Crippen LogP contribution in [0.4, 0.5) is 10.5 Å². The average molecular weight is 382 g/mol. The van der Waals surface area contributed by atoms with E-state index in [4.69, 9.17) is 32.7 Å². The molecule has 6 heteroatoms. The van der Waals surface area contributed by atoms with Crippen molar-refractivity contribution in [3.8, 4) is 5.75 Å². The predicted molar refractivity (Wildman–Crippen MR) is 102 cm³/mol. The van der Waals surface area contributed by atoms with E-state index < -0.39 is 6.16 Å².